The number of hydrogen-bond donors (Lipinski definition) is 0. The highest BCUT2D eigenvalue weighted by Crippen LogP contribution is 2.22. The summed E-state index contributed by atoms with van der Waals surface area (Å²) < 4.78 is 0. The number of aromatic nitrogens is 2. The topological polar surface area (TPSA) is 46.1 Å². The zero-order chi connectivity index (χ0) is 10.1. The molecule has 1 aromatic rings. The quantitative estimate of drug-likeness (QED) is 0.655. The normalized spacial score (nSPS) is 21.7. The Morgan fingerprint density at radius 2 is 2.14 bits per heavy atom. The molecule has 1 atom stereocenters. The number of alkyl halides is 1. The van der Waals surface area contributed by atoms with Gasteiger partial charge in [0.2, 0.25) is 5.91 Å². The van der Waals surface area contributed by atoms with Crippen molar-refractivity contribution in [2.45, 2.75) is 18.7 Å². The summed E-state index contributed by atoms with van der Waals surface area (Å²) in [6, 6.07) is 0. The third-order valence-corrected chi connectivity index (χ3v) is 2.45. The van der Waals surface area contributed by atoms with Crippen molar-refractivity contribution in [2.75, 3.05) is 11.4 Å². The molecule has 1 fully saturated rings. The van der Waals surface area contributed by atoms with Crippen LogP contribution >= 0.6 is 11.6 Å². The van der Waals surface area contributed by atoms with Crippen molar-refractivity contribution < 1.29 is 4.79 Å². The molecule has 2 heterocycles. The van der Waals surface area contributed by atoms with Gasteiger partial charge in [-0.15, -0.1) is 11.6 Å². The SMILES string of the molecule is Cc1ncc(N2CC(Cl)CC2=O)cn1. The molecule has 1 unspecified atom stereocenters. The molecule has 0 N–H and O–H groups in total. The summed E-state index contributed by atoms with van der Waals surface area (Å²) in [6.07, 6.45) is 3.69. The van der Waals surface area contributed by atoms with Gasteiger partial charge in [0.1, 0.15) is 5.82 Å². The fourth-order valence-electron chi connectivity index (χ4n) is 1.44. The van der Waals surface area contributed by atoms with Crippen molar-refractivity contribution in [1.82, 2.24) is 9.97 Å². The van der Waals surface area contributed by atoms with E-state index in [0.717, 1.165) is 5.69 Å². The third kappa shape index (κ3) is 1.70. The first kappa shape index (κ1) is 9.40. The Kier molecular flexibility index (Phi) is 2.37. The Hall–Kier alpha value is -1.16. The molecule has 1 saturated heterocycles. The van der Waals surface area contributed by atoms with E-state index in [4.69, 9.17) is 11.6 Å². The van der Waals surface area contributed by atoms with Crippen LogP contribution in [0.3, 0.4) is 0 Å². The maximum absolute atomic E-state index is 11.5. The number of carbonyl (C=O) groups excluding carboxylic acids is 1. The van der Waals surface area contributed by atoms with Gasteiger partial charge in [-0.05, 0) is 6.92 Å². The molecule has 5 heteroatoms. The molecule has 0 spiro atoms. The van der Waals surface area contributed by atoms with Gasteiger partial charge in [0.05, 0.1) is 23.5 Å². The molecule has 1 aromatic heterocycles. The second kappa shape index (κ2) is 3.53. The number of carbonyl (C=O) groups is 1. The lowest BCUT2D eigenvalue weighted by molar-refractivity contribution is -0.117. The van der Waals surface area contributed by atoms with Gasteiger partial charge < -0.3 is 4.90 Å². The van der Waals surface area contributed by atoms with E-state index in [0.29, 0.717) is 18.8 Å². The van der Waals surface area contributed by atoms with Crippen LogP contribution in [0.15, 0.2) is 12.4 Å². The Balaban J connectivity index is 2.23. The minimum absolute atomic E-state index is 0.0393. The average Bonchev–Trinajstić information content (AvgIpc) is 2.47. The van der Waals surface area contributed by atoms with E-state index in [1.165, 1.54) is 0 Å². The van der Waals surface area contributed by atoms with Crippen LogP contribution in [0.1, 0.15) is 12.2 Å². The van der Waals surface area contributed by atoms with Gasteiger partial charge in [-0.25, -0.2) is 9.97 Å². The predicted molar refractivity (Wildman–Crippen MR) is 53.4 cm³/mol. The van der Waals surface area contributed by atoms with Crippen molar-refractivity contribution in [3.05, 3.63) is 18.2 Å². The average molecular weight is 212 g/mol. The van der Waals surface area contributed by atoms with Gasteiger partial charge >= 0.3 is 0 Å². The summed E-state index contributed by atoms with van der Waals surface area (Å²) in [5, 5.41) is -0.0937. The highest BCUT2D eigenvalue weighted by molar-refractivity contribution is 6.24. The van der Waals surface area contributed by atoms with Crippen molar-refractivity contribution >= 4 is 23.2 Å². The number of amides is 1. The predicted octanol–water partition coefficient (Wildman–Crippen LogP) is 1.13. The van der Waals surface area contributed by atoms with Crippen molar-refractivity contribution in [2.24, 2.45) is 0 Å². The Labute approximate surface area is 86.9 Å². The molecule has 1 aliphatic rings. The molecule has 0 aliphatic carbocycles. The Morgan fingerprint density at radius 1 is 1.50 bits per heavy atom. The summed E-state index contributed by atoms with van der Waals surface area (Å²) in [5.41, 5.74) is 0.726. The number of anilines is 1. The van der Waals surface area contributed by atoms with Crippen molar-refractivity contribution in [1.29, 1.82) is 0 Å². The number of rotatable bonds is 1. The zero-order valence-electron chi connectivity index (χ0n) is 7.77. The highest BCUT2D eigenvalue weighted by Gasteiger charge is 2.29. The first-order valence-corrected chi connectivity index (χ1v) is 4.83. The van der Waals surface area contributed by atoms with E-state index in [1.54, 1.807) is 24.2 Å². The molecule has 0 radical (unpaired) electrons. The van der Waals surface area contributed by atoms with Crippen LogP contribution in [-0.2, 0) is 4.79 Å². The van der Waals surface area contributed by atoms with Crippen LogP contribution in [0.2, 0.25) is 0 Å². The van der Waals surface area contributed by atoms with Crippen LogP contribution in [0.5, 0.6) is 0 Å². The van der Waals surface area contributed by atoms with E-state index in [2.05, 4.69) is 9.97 Å². The molecular weight excluding hydrogens is 202 g/mol. The van der Waals surface area contributed by atoms with Crippen LogP contribution in [-0.4, -0.2) is 27.8 Å². The van der Waals surface area contributed by atoms with Gasteiger partial charge in [0.15, 0.2) is 0 Å². The number of aryl methyl sites for hydroxylation is 1. The van der Waals surface area contributed by atoms with Crippen LogP contribution in [0, 0.1) is 6.92 Å². The van der Waals surface area contributed by atoms with Gasteiger partial charge in [-0.1, -0.05) is 0 Å². The lowest BCUT2D eigenvalue weighted by Gasteiger charge is -2.14. The molecule has 74 valence electrons. The van der Waals surface area contributed by atoms with Crippen molar-refractivity contribution in [3.63, 3.8) is 0 Å². The summed E-state index contributed by atoms with van der Waals surface area (Å²) in [6.45, 7) is 2.35. The van der Waals surface area contributed by atoms with E-state index in [1.807, 2.05) is 0 Å². The molecule has 14 heavy (non-hydrogen) atoms. The number of nitrogens with zero attached hydrogens (tertiary/aromatic N) is 3. The lowest BCUT2D eigenvalue weighted by atomic mass is 10.4. The molecule has 0 aromatic carbocycles. The van der Waals surface area contributed by atoms with E-state index < -0.39 is 0 Å². The zero-order valence-corrected chi connectivity index (χ0v) is 8.53. The van der Waals surface area contributed by atoms with E-state index >= 15 is 0 Å². The summed E-state index contributed by atoms with van der Waals surface area (Å²) in [4.78, 5) is 21.1. The van der Waals surface area contributed by atoms with Crippen LogP contribution < -0.4 is 4.90 Å². The fourth-order valence-corrected chi connectivity index (χ4v) is 1.71. The smallest absolute Gasteiger partial charge is 0.228 e. The third-order valence-electron chi connectivity index (χ3n) is 2.16. The van der Waals surface area contributed by atoms with Crippen LogP contribution in [0.4, 0.5) is 5.69 Å². The maximum atomic E-state index is 11.5. The van der Waals surface area contributed by atoms with Gasteiger partial charge in [-0.2, -0.15) is 0 Å². The lowest BCUT2D eigenvalue weighted by Crippen LogP contribution is -2.24. The largest absolute Gasteiger partial charge is 0.308 e. The molecule has 2 rings (SSSR count). The highest BCUT2D eigenvalue weighted by atomic mass is 35.5. The van der Waals surface area contributed by atoms with Crippen molar-refractivity contribution in [3.8, 4) is 0 Å². The molecule has 1 aliphatic heterocycles. The van der Waals surface area contributed by atoms with Crippen LogP contribution in [0.25, 0.3) is 0 Å². The molecule has 0 bridgehead atoms. The van der Waals surface area contributed by atoms with Gasteiger partial charge in [0.25, 0.3) is 0 Å². The maximum Gasteiger partial charge on any atom is 0.228 e. The summed E-state index contributed by atoms with van der Waals surface area (Å²) in [5.74, 6) is 0.736. The first-order chi connectivity index (χ1) is 6.66. The second-order valence-electron chi connectivity index (χ2n) is 3.29. The Bertz CT molecular complexity index is 352. The number of hydrogen-bond acceptors (Lipinski definition) is 3. The van der Waals surface area contributed by atoms with E-state index in [9.17, 15) is 4.79 Å². The molecule has 0 saturated carbocycles. The Morgan fingerprint density at radius 3 is 2.64 bits per heavy atom. The second-order valence-corrected chi connectivity index (χ2v) is 3.91. The molecule has 1 amide bonds. The van der Waals surface area contributed by atoms with Gasteiger partial charge in [0, 0.05) is 13.0 Å². The van der Waals surface area contributed by atoms with E-state index in [-0.39, 0.29) is 11.3 Å². The minimum atomic E-state index is -0.0937. The van der Waals surface area contributed by atoms with Gasteiger partial charge in [-0.3, -0.25) is 4.79 Å². The fraction of sp³-hybridized carbons (Fsp3) is 0.444. The summed E-state index contributed by atoms with van der Waals surface area (Å²) in [7, 11) is 0. The first-order valence-electron chi connectivity index (χ1n) is 4.40. The summed E-state index contributed by atoms with van der Waals surface area (Å²) >= 11 is 5.88. The molecular formula is C9H10ClN3O. The monoisotopic (exact) mass is 211 g/mol. The standard InChI is InChI=1S/C9H10ClN3O/c1-6-11-3-8(4-12-6)13-5-7(10)2-9(13)14/h3-4,7H,2,5H2,1H3. The number of halogens is 1. The molecule has 4 nitrogen and oxygen atoms in total. The minimum Gasteiger partial charge on any atom is -0.308 e.